The molecule has 1 heterocycles. The highest BCUT2D eigenvalue weighted by Gasteiger charge is 2.31. The van der Waals surface area contributed by atoms with E-state index in [4.69, 9.17) is 4.74 Å². The van der Waals surface area contributed by atoms with Crippen LogP contribution < -0.4 is 9.80 Å². The van der Waals surface area contributed by atoms with Crippen molar-refractivity contribution in [3.05, 3.63) is 42.5 Å². The zero-order chi connectivity index (χ0) is 24.5. The van der Waals surface area contributed by atoms with Crippen LogP contribution >= 0.6 is 0 Å². The van der Waals surface area contributed by atoms with E-state index in [1.165, 1.54) is 37.7 Å². The summed E-state index contributed by atoms with van der Waals surface area (Å²) in [6.45, 7) is 4.81. The maximum Gasteiger partial charge on any atom is 0.242 e. The molecule has 0 unspecified atom stereocenters. The van der Waals surface area contributed by atoms with Gasteiger partial charge >= 0.3 is 0 Å². The molecule has 8 heteroatoms. The molecular weight excluding hydrogens is 450 g/mol. The second-order valence-corrected chi connectivity index (χ2v) is 11.7. The Morgan fingerprint density at radius 1 is 1.03 bits per heavy atom. The predicted octanol–water partition coefficient (Wildman–Crippen LogP) is 4.47. The molecule has 2 aromatic carbocycles. The fraction of sp³-hybridized carbons (Fsp3) is 0.500. The fourth-order valence-corrected chi connectivity index (χ4v) is 5.92. The summed E-state index contributed by atoms with van der Waals surface area (Å²) in [4.78, 5) is 16.8. The number of carbonyl (C=O) groups is 1. The van der Waals surface area contributed by atoms with Gasteiger partial charge in [0.2, 0.25) is 15.9 Å². The minimum absolute atomic E-state index is 0.00780. The Morgan fingerprint density at radius 3 is 2.41 bits per heavy atom. The minimum Gasteiger partial charge on any atom is -0.358 e. The van der Waals surface area contributed by atoms with Crippen molar-refractivity contribution in [2.75, 3.05) is 37.2 Å². The van der Waals surface area contributed by atoms with E-state index in [1.54, 1.807) is 25.1 Å². The van der Waals surface area contributed by atoms with E-state index in [1.807, 2.05) is 29.2 Å². The van der Waals surface area contributed by atoms with E-state index < -0.39 is 10.0 Å². The van der Waals surface area contributed by atoms with Crippen molar-refractivity contribution in [3.63, 3.8) is 0 Å². The third-order valence-electron chi connectivity index (χ3n) is 6.80. The number of anilines is 2. The molecule has 7 nitrogen and oxygen atoms in total. The second kappa shape index (κ2) is 10.1. The Hall–Kier alpha value is -2.42. The van der Waals surface area contributed by atoms with Crippen molar-refractivity contribution in [3.8, 4) is 11.1 Å². The Labute approximate surface area is 203 Å². The first-order valence-electron chi connectivity index (χ1n) is 12.0. The van der Waals surface area contributed by atoms with E-state index in [0.29, 0.717) is 13.3 Å². The van der Waals surface area contributed by atoms with Crippen molar-refractivity contribution in [1.82, 2.24) is 4.31 Å². The molecule has 2 aromatic rings. The van der Waals surface area contributed by atoms with Crippen LogP contribution in [0.5, 0.6) is 0 Å². The highest BCUT2D eigenvalue weighted by atomic mass is 32.2. The molecule has 2 aliphatic rings. The molecule has 0 spiro atoms. The van der Waals surface area contributed by atoms with Gasteiger partial charge in [-0.3, -0.25) is 4.79 Å². The Bertz CT molecular complexity index is 1140. The summed E-state index contributed by atoms with van der Waals surface area (Å²) in [5.41, 5.74) is 3.50. The summed E-state index contributed by atoms with van der Waals surface area (Å²) >= 11 is 0. The van der Waals surface area contributed by atoms with Gasteiger partial charge in [0.05, 0.1) is 28.4 Å². The summed E-state index contributed by atoms with van der Waals surface area (Å²) in [5, 5.41) is 0. The number of hydrogen-bond acceptors (Lipinski definition) is 5. The van der Waals surface area contributed by atoms with Crippen LogP contribution in [0.15, 0.2) is 47.4 Å². The number of carbonyl (C=O) groups excluding carboxylic acids is 1. The molecule has 1 aliphatic carbocycles. The largest absolute Gasteiger partial charge is 0.358 e. The van der Waals surface area contributed by atoms with Gasteiger partial charge in [-0.15, -0.1) is 0 Å². The maximum absolute atomic E-state index is 12.6. The van der Waals surface area contributed by atoms with Crippen molar-refractivity contribution in [2.45, 2.75) is 63.0 Å². The van der Waals surface area contributed by atoms with E-state index in [2.05, 4.69) is 11.8 Å². The second-order valence-electron chi connectivity index (χ2n) is 9.53. The van der Waals surface area contributed by atoms with Gasteiger partial charge in [0, 0.05) is 27.6 Å². The molecule has 184 valence electrons. The topological polar surface area (TPSA) is 70.2 Å². The Balaban J connectivity index is 1.69. The van der Waals surface area contributed by atoms with Crippen molar-refractivity contribution in [2.24, 2.45) is 0 Å². The van der Waals surface area contributed by atoms with Crippen LogP contribution in [0.25, 0.3) is 11.1 Å². The lowest BCUT2D eigenvalue weighted by Crippen LogP contribution is -2.50. The third kappa shape index (κ3) is 4.99. The van der Waals surface area contributed by atoms with Crippen LogP contribution in [0.1, 0.15) is 46.0 Å². The Kier molecular flexibility index (Phi) is 7.31. The predicted molar refractivity (Wildman–Crippen MR) is 136 cm³/mol. The van der Waals surface area contributed by atoms with E-state index in [9.17, 15) is 13.2 Å². The molecule has 0 bridgehead atoms. The van der Waals surface area contributed by atoms with Crippen LogP contribution in [0.3, 0.4) is 0 Å². The van der Waals surface area contributed by atoms with Gasteiger partial charge in [-0.05, 0) is 55.2 Å². The van der Waals surface area contributed by atoms with Crippen molar-refractivity contribution in [1.29, 1.82) is 0 Å². The SMILES string of the molecule is CC(=O)N1c2ccc(-c3cccc(S(=O)(=O)N(C)C)c3)cc2N(COC2CCCCC2)C[C@@H]1C. The smallest absolute Gasteiger partial charge is 0.242 e. The maximum atomic E-state index is 12.6. The zero-order valence-electron chi connectivity index (χ0n) is 20.5. The van der Waals surface area contributed by atoms with Crippen LogP contribution in [0.4, 0.5) is 11.4 Å². The molecule has 1 amide bonds. The summed E-state index contributed by atoms with van der Waals surface area (Å²) in [6, 6.07) is 13.0. The lowest BCUT2D eigenvalue weighted by atomic mass is 9.98. The highest BCUT2D eigenvalue weighted by molar-refractivity contribution is 7.89. The molecular formula is C26H35N3O4S. The van der Waals surface area contributed by atoms with E-state index in [-0.39, 0.29) is 22.9 Å². The first kappa shape index (κ1) is 24.7. The minimum atomic E-state index is -3.53. The first-order chi connectivity index (χ1) is 16.2. The molecule has 1 aliphatic heterocycles. The molecule has 4 rings (SSSR count). The molecule has 1 fully saturated rings. The van der Waals surface area contributed by atoms with E-state index in [0.717, 1.165) is 35.3 Å². The average Bonchev–Trinajstić information content (AvgIpc) is 2.82. The van der Waals surface area contributed by atoms with Gasteiger partial charge in [0.15, 0.2) is 0 Å². The average molecular weight is 486 g/mol. The van der Waals surface area contributed by atoms with Gasteiger partial charge in [-0.1, -0.05) is 37.5 Å². The molecule has 34 heavy (non-hydrogen) atoms. The standard InChI is InChI=1S/C26H35N3O4S/c1-19-17-28(18-33-23-10-6-5-7-11-23)26-16-22(13-14-25(26)29(19)20(2)30)21-9-8-12-24(15-21)34(31,32)27(3)4/h8-9,12-16,19,23H,5-7,10-11,17-18H2,1-4H3/t19-/m0/s1. The number of rotatable bonds is 6. The van der Waals surface area contributed by atoms with Gasteiger partial charge in [-0.25, -0.2) is 12.7 Å². The summed E-state index contributed by atoms with van der Waals surface area (Å²) in [5.74, 6) is 0.00780. The number of fused-ring (bicyclic) bond motifs is 1. The monoisotopic (exact) mass is 485 g/mol. The Morgan fingerprint density at radius 2 is 1.74 bits per heavy atom. The zero-order valence-corrected chi connectivity index (χ0v) is 21.3. The number of sulfonamides is 1. The molecule has 1 saturated carbocycles. The third-order valence-corrected chi connectivity index (χ3v) is 8.62. The molecule has 0 saturated heterocycles. The number of amides is 1. The summed E-state index contributed by atoms with van der Waals surface area (Å²) < 4.78 is 32.8. The number of nitrogens with zero attached hydrogens (tertiary/aromatic N) is 3. The van der Waals surface area contributed by atoms with Crippen LogP contribution in [0.2, 0.25) is 0 Å². The fourth-order valence-electron chi connectivity index (χ4n) is 4.97. The number of ether oxygens (including phenoxy) is 1. The summed E-state index contributed by atoms with van der Waals surface area (Å²) in [6.07, 6.45) is 6.20. The summed E-state index contributed by atoms with van der Waals surface area (Å²) in [7, 11) is -0.473. The van der Waals surface area contributed by atoms with Gasteiger partial charge in [-0.2, -0.15) is 0 Å². The van der Waals surface area contributed by atoms with Gasteiger partial charge in [0.25, 0.3) is 0 Å². The lowest BCUT2D eigenvalue weighted by Gasteiger charge is -2.42. The lowest BCUT2D eigenvalue weighted by molar-refractivity contribution is -0.117. The molecule has 0 aromatic heterocycles. The van der Waals surface area contributed by atoms with Crippen LogP contribution in [-0.2, 0) is 19.6 Å². The molecule has 1 atom stereocenters. The quantitative estimate of drug-likeness (QED) is 0.604. The van der Waals surface area contributed by atoms with Crippen molar-refractivity contribution >= 4 is 27.3 Å². The normalized spacial score (nSPS) is 19.4. The van der Waals surface area contributed by atoms with E-state index >= 15 is 0 Å². The van der Waals surface area contributed by atoms with Crippen LogP contribution in [-0.4, -0.2) is 58.1 Å². The molecule has 0 N–H and O–H groups in total. The van der Waals surface area contributed by atoms with Gasteiger partial charge < -0.3 is 14.5 Å². The highest BCUT2D eigenvalue weighted by Crippen LogP contribution is 2.39. The van der Waals surface area contributed by atoms with Crippen molar-refractivity contribution < 1.29 is 17.9 Å². The van der Waals surface area contributed by atoms with Crippen LogP contribution in [0, 0.1) is 0 Å². The molecule has 0 radical (unpaired) electrons. The first-order valence-corrected chi connectivity index (χ1v) is 13.5. The van der Waals surface area contributed by atoms with Gasteiger partial charge in [0.1, 0.15) is 6.73 Å². The number of benzene rings is 2. The number of hydrogen-bond donors (Lipinski definition) is 0.